The number of nitrogen functional groups attached to an aromatic ring is 1. The highest BCUT2D eigenvalue weighted by Crippen LogP contribution is 2.44. The highest BCUT2D eigenvalue weighted by Gasteiger charge is 2.32. The van der Waals surface area contributed by atoms with Gasteiger partial charge in [0.15, 0.2) is 0 Å². The molecule has 1 saturated carbocycles. The minimum absolute atomic E-state index is 0.0657. The molecule has 0 amide bonds. The van der Waals surface area contributed by atoms with Crippen LogP contribution in [-0.4, -0.2) is 9.78 Å². The minimum Gasteiger partial charge on any atom is -0.465 e. The molecule has 2 aromatic rings. The van der Waals surface area contributed by atoms with E-state index in [0.717, 1.165) is 42.3 Å². The van der Waals surface area contributed by atoms with E-state index in [1.54, 1.807) is 0 Å². The first-order chi connectivity index (χ1) is 11.1. The third-order valence-corrected chi connectivity index (χ3v) is 5.01. The summed E-state index contributed by atoms with van der Waals surface area (Å²) in [6.45, 7) is 13.0. The maximum Gasteiger partial charge on any atom is 0.122 e. The van der Waals surface area contributed by atoms with Gasteiger partial charge < -0.3 is 10.2 Å². The lowest BCUT2D eigenvalue weighted by atomic mass is 9.94. The Hall–Kier alpha value is -1.71. The molecule has 1 aliphatic rings. The number of hydrogen-bond donors (Lipinski definition) is 1. The maximum atomic E-state index is 6.17. The summed E-state index contributed by atoms with van der Waals surface area (Å²) in [5.74, 6) is 3.93. The highest BCUT2D eigenvalue weighted by atomic mass is 16.3. The zero-order chi connectivity index (χ0) is 17.7. The summed E-state index contributed by atoms with van der Waals surface area (Å²) in [6, 6.07) is 6.35. The molecule has 4 heteroatoms. The predicted molar refractivity (Wildman–Crippen MR) is 98.4 cm³/mol. The Morgan fingerprint density at radius 1 is 1.08 bits per heavy atom. The van der Waals surface area contributed by atoms with Crippen LogP contribution in [0.1, 0.15) is 89.9 Å². The monoisotopic (exact) mass is 329 g/mol. The van der Waals surface area contributed by atoms with Gasteiger partial charge in [0.25, 0.3) is 0 Å². The van der Waals surface area contributed by atoms with Crippen LogP contribution in [0.4, 0.5) is 5.82 Å². The van der Waals surface area contributed by atoms with E-state index in [-0.39, 0.29) is 11.0 Å². The van der Waals surface area contributed by atoms with Gasteiger partial charge in [-0.05, 0) is 52.2 Å². The van der Waals surface area contributed by atoms with Crippen LogP contribution in [0.5, 0.6) is 0 Å². The molecule has 24 heavy (non-hydrogen) atoms. The number of hydrogen-bond acceptors (Lipinski definition) is 3. The highest BCUT2D eigenvalue weighted by molar-refractivity contribution is 5.34. The van der Waals surface area contributed by atoms with Crippen LogP contribution < -0.4 is 5.73 Å². The lowest BCUT2D eigenvalue weighted by Crippen LogP contribution is -2.24. The molecule has 3 rings (SSSR count). The van der Waals surface area contributed by atoms with E-state index in [1.165, 1.54) is 0 Å². The van der Waals surface area contributed by atoms with Crippen LogP contribution in [-0.2, 0) is 11.0 Å². The van der Waals surface area contributed by atoms with Crippen molar-refractivity contribution in [1.82, 2.24) is 9.78 Å². The van der Waals surface area contributed by atoms with Gasteiger partial charge >= 0.3 is 0 Å². The molecule has 0 aromatic carbocycles. The number of nitrogens with two attached hydrogens (primary N) is 1. The van der Waals surface area contributed by atoms with Crippen molar-refractivity contribution in [3.8, 4) is 0 Å². The van der Waals surface area contributed by atoms with Crippen LogP contribution >= 0.6 is 0 Å². The van der Waals surface area contributed by atoms with Crippen LogP contribution in [0.2, 0.25) is 0 Å². The maximum absolute atomic E-state index is 6.17. The number of aromatic nitrogens is 2. The third-order valence-electron chi connectivity index (χ3n) is 5.01. The molecule has 0 bridgehead atoms. The average molecular weight is 329 g/mol. The fourth-order valence-electron chi connectivity index (χ4n) is 3.64. The standard InChI is InChI=1S/C20H31N3O/c1-19(2,3)17-10-9-16(24-17)14-8-7-13(11-14)15-12-18(21)23(22-15)20(4,5)6/h9-10,12-14H,7-8,11,21H2,1-6H3. The fourth-order valence-corrected chi connectivity index (χ4v) is 3.64. The van der Waals surface area contributed by atoms with Gasteiger partial charge in [-0.15, -0.1) is 0 Å². The summed E-state index contributed by atoms with van der Waals surface area (Å²) < 4.78 is 8.09. The Kier molecular flexibility index (Phi) is 4.05. The molecule has 0 aliphatic heterocycles. The minimum atomic E-state index is -0.0804. The van der Waals surface area contributed by atoms with Gasteiger partial charge in [0.2, 0.25) is 0 Å². The van der Waals surface area contributed by atoms with Crippen molar-refractivity contribution in [2.24, 2.45) is 0 Å². The number of nitrogens with zero attached hydrogens (tertiary/aromatic N) is 2. The molecule has 2 atom stereocenters. The Morgan fingerprint density at radius 2 is 1.75 bits per heavy atom. The zero-order valence-electron chi connectivity index (χ0n) is 15.9. The van der Waals surface area contributed by atoms with E-state index < -0.39 is 0 Å². The lowest BCUT2D eigenvalue weighted by molar-refractivity contribution is 0.356. The first kappa shape index (κ1) is 17.1. The van der Waals surface area contributed by atoms with Gasteiger partial charge in [0.05, 0.1) is 11.2 Å². The summed E-state index contributed by atoms with van der Waals surface area (Å²) in [6.07, 6.45) is 3.40. The van der Waals surface area contributed by atoms with Gasteiger partial charge in [0.1, 0.15) is 17.3 Å². The number of rotatable bonds is 2. The third kappa shape index (κ3) is 3.24. The van der Waals surface area contributed by atoms with Crippen molar-refractivity contribution in [3.05, 3.63) is 35.4 Å². The summed E-state index contributed by atoms with van der Waals surface area (Å²) in [5.41, 5.74) is 7.29. The van der Waals surface area contributed by atoms with Crippen molar-refractivity contribution in [2.75, 3.05) is 5.73 Å². The van der Waals surface area contributed by atoms with Crippen LogP contribution in [0.25, 0.3) is 0 Å². The Balaban J connectivity index is 1.75. The Bertz CT molecular complexity index is 712. The summed E-state index contributed by atoms with van der Waals surface area (Å²) in [7, 11) is 0. The molecule has 0 saturated heterocycles. The summed E-state index contributed by atoms with van der Waals surface area (Å²) in [5, 5.41) is 4.80. The molecule has 0 radical (unpaired) electrons. The quantitative estimate of drug-likeness (QED) is 0.827. The molecular weight excluding hydrogens is 298 g/mol. The lowest BCUT2D eigenvalue weighted by Gasteiger charge is -2.20. The van der Waals surface area contributed by atoms with Crippen molar-refractivity contribution < 1.29 is 4.42 Å². The summed E-state index contributed by atoms with van der Waals surface area (Å²) >= 11 is 0. The average Bonchev–Trinajstić information content (AvgIpc) is 3.14. The first-order valence-corrected chi connectivity index (χ1v) is 9.02. The molecule has 4 nitrogen and oxygen atoms in total. The molecule has 2 unspecified atom stereocenters. The summed E-state index contributed by atoms with van der Waals surface area (Å²) in [4.78, 5) is 0. The molecule has 2 aromatic heterocycles. The normalized spacial score (nSPS) is 22.2. The second-order valence-corrected chi connectivity index (χ2v) is 9.24. The van der Waals surface area contributed by atoms with Crippen LogP contribution in [0.3, 0.4) is 0 Å². The molecule has 1 fully saturated rings. The van der Waals surface area contributed by atoms with Crippen LogP contribution in [0, 0.1) is 0 Å². The van der Waals surface area contributed by atoms with E-state index in [9.17, 15) is 0 Å². The topological polar surface area (TPSA) is 57.0 Å². The molecule has 1 aliphatic carbocycles. The van der Waals surface area contributed by atoms with Crippen molar-refractivity contribution in [2.45, 2.75) is 83.6 Å². The van der Waals surface area contributed by atoms with Gasteiger partial charge in [-0.3, -0.25) is 0 Å². The number of furan rings is 1. The van der Waals surface area contributed by atoms with E-state index in [1.807, 2.05) is 4.68 Å². The Morgan fingerprint density at radius 3 is 2.29 bits per heavy atom. The smallest absolute Gasteiger partial charge is 0.122 e. The van der Waals surface area contributed by atoms with Crippen LogP contribution in [0.15, 0.2) is 22.6 Å². The van der Waals surface area contributed by atoms with E-state index in [0.29, 0.717) is 11.8 Å². The van der Waals surface area contributed by atoms with Crippen molar-refractivity contribution in [3.63, 3.8) is 0 Å². The second kappa shape index (κ2) is 5.68. The van der Waals surface area contributed by atoms with Gasteiger partial charge in [-0.2, -0.15) is 5.10 Å². The molecule has 132 valence electrons. The molecule has 0 spiro atoms. The van der Waals surface area contributed by atoms with E-state index in [2.05, 4.69) is 59.7 Å². The van der Waals surface area contributed by atoms with Gasteiger partial charge in [-0.25, -0.2) is 4.68 Å². The molecule has 2 heterocycles. The second-order valence-electron chi connectivity index (χ2n) is 9.24. The molecule has 2 N–H and O–H groups in total. The van der Waals surface area contributed by atoms with Gasteiger partial charge in [0, 0.05) is 23.3 Å². The molecular formula is C20H31N3O. The fraction of sp³-hybridized carbons (Fsp3) is 0.650. The first-order valence-electron chi connectivity index (χ1n) is 9.02. The van der Waals surface area contributed by atoms with Crippen molar-refractivity contribution in [1.29, 1.82) is 0 Å². The van der Waals surface area contributed by atoms with E-state index in [4.69, 9.17) is 15.2 Å². The Labute approximate surface area is 145 Å². The van der Waals surface area contributed by atoms with Gasteiger partial charge in [-0.1, -0.05) is 20.8 Å². The zero-order valence-corrected chi connectivity index (χ0v) is 15.9. The SMILES string of the molecule is CC(C)(C)c1ccc(C2CCC(c3cc(N)n(C(C)(C)C)n3)C2)o1. The van der Waals surface area contributed by atoms with E-state index >= 15 is 0 Å². The van der Waals surface area contributed by atoms with Crippen molar-refractivity contribution >= 4 is 5.82 Å². The largest absolute Gasteiger partial charge is 0.465 e. The predicted octanol–water partition coefficient (Wildman–Crippen LogP) is 5.16. The number of anilines is 1.